The summed E-state index contributed by atoms with van der Waals surface area (Å²) in [5.41, 5.74) is 0.943. The molecule has 1 heterocycles. The molecule has 2 aromatic rings. The average Bonchev–Trinajstić information content (AvgIpc) is 2.81. The van der Waals surface area contributed by atoms with E-state index < -0.39 is 5.97 Å². The normalized spacial score (nSPS) is 12.1. The number of hydrogen-bond acceptors (Lipinski definition) is 3. The van der Waals surface area contributed by atoms with Crippen LogP contribution >= 0.6 is 15.9 Å². The van der Waals surface area contributed by atoms with Crippen LogP contribution in [0.4, 0.5) is 5.69 Å². The maximum Gasteiger partial charge on any atom is 0.371 e. The lowest BCUT2D eigenvalue weighted by Crippen LogP contribution is -2.05. The Kier molecular flexibility index (Phi) is 3.72. The van der Waals surface area contributed by atoms with Crippen LogP contribution in [0.3, 0.4) is 0 Å². The van der Waals surface area contributed by atoms with E-state index in [1.54, 1.807) is 6.07 Å². The molecule has 0 amide bonds. The van der Waals surface area contributed by atoms with Gasteiger partial charge < -0.3 is 14.8 Å². The van der Waals surface area contributed by atoms with Crippen LogP contribution in [0.2, 0.25) is 0 Å². The molecule has 1 unspecified atom stereocenters. The van der Waals surface area contributed by atoms with Gasteiger partial charge in [0.1, 0.15) is 5.76 Å². The number of halogens is 1. The number of benzene rings is 1. The largest absolute Gasteiger partial charge is 0.475 e. The maximum atomic E-state index is 10.7. The molecule has 0 bridgehead atoms. The summed E-state index contributed by atoms with van der Waals surface area (Å²) in [6, 6.07) is 10.7. The lowest BCUT2D eigenvalue weighted by Gasteiger charge is -2.12. The lowest BCUT2D eigenvalue weighted by molar-refractivity contribution is 0.0660. The molecule has 0 aliphatic heterocycles. The van der Waals surface area contributed by atoms with E-state index in [1.807, 2.05) is 31.2 Å². The van der Waals surface area contributed by atoms with Crippen molar-refractivity contribution in [3.05, 3.63) is 52.4 Å². The number of furan rings is 1. The van der Waals surface area contributed by atoms with Gasteiger partial charge in [0.05, 0.1) is 6.04 Å². The SMILES string of the molecule is CC(Nc1ccc(Br)cc1)c1ccc(C(=O)O)o1. The van der Waals surface area contributed by atoms with Crippen LogP contribution in [0, 0.1) is 0 Å². The third kappa shape index (κ3) is 2.92. The van der Waals surface area contributed by atoms with E-state index in [0.29, 0.717) is 5.76 Å². The Morgan fingerprint density at radius 1 is 1.28 bits per heavy atom. The Bertz CT molecular complexity index is 548. The Balaban J connectivity index is 2.09. The predicted molar refractivity (Wildman–Crippen MR) is 71.8 cm³/mol. The van der Waals surface area contributed by atoms with Crippen LogP contribution in [0.15, 0.2) is 45.3 Å². The summed E-state index contributed by atoms with van der Waals surface area (Å²) in [6.45, 7) is 1.91. The maximum absolute atomic E-state index is 10.7. The minimum absolute atomic E-state index is 0.0468. The van der Waals surface area contributed by atoms with Crippen LogP contribution in [-0.4, -0.2) is 11.1 Å². The molecule has 2 N–H and O–H groups in total. The van der Waals surface area contributed by atoms with Crippen molar-refractivity contribution in [3.63, 3.8) is 0 Å². The van der Waals surface area contributed by atoms with Crippen LogP contribution in [0.25, 0.3) is 0 Å². The van der Waals surface area contributed by atoms with Crippen molar-refractivity contribution >= 4 is 27.6 Å². The van der Waals surface area contributed by atoms with Gasteiger partial charge in [0.2, 0.25) is 5.76 Å². The summed E-state index contributed by atoms with van der Waals surface area (Å²) in [5.74, 6) is -0.512. The fourth-order valence-electron chi connectivity index (χ4n) is 1.57. The molecule has 0 saturated carbocycles. The van der Waals surface area contributed by atoms with Crippen molar-refractivity contribution < 1.29 is 14.3 Å². The second kappa shape index (κ2) is 5.27. The Morgan fingerprint density at radius 2 is 1.94 bits per heavy atom. The summed E-state index contributed by atoms with van der Waals surface area (Å²) in [7, 11) is 0. The van der Waals surface area contributed by atoms with Crippen molar-refractivity contribution in [2.45, 2.75) is 13.0 Å². The second-order valence-corrected chi connectivity index (χ2v) is 4.80. The highest BCUT2D eigenvalue weighted by Crippen LogP contribution is 2.22. The summed E-state index contributed by atoms with van der Waals surface area (Å²) in [5, 5.41) is 12.0. The van der Waals surface area contributed by atoms with Gasteiger partial charge in [0.25, 0.3) is 0 Å². The fraction of sp³-hybridized carbons (Fsp3) is 0.154. The fourth-order valence-corrected chi connectivity index (χ4v) is 1.83. The average molecular weight is 310 g/mol. The number of rotatable bonds is 4. The molecule has 1 atom stereocenters. The zero-order valence-electron chi connectivity index (χ0n) is 9.68. The minimum atomic E-state index is -1.06. The van der Waals surface area contributed by atoms with Crippen LogP contribution < -0.4 is 5.32 Å². The molecule has 1 aromatic carbocycles. The molecule has 5 heteroatoms. The van der Waals surface area contributed by atoms with Crippen LogP contribution in [0.5, 0.6) is 0 Å². The number of nitrogens with one attached hydrogen (secondary N) is 1. The molecule has 4 nitrogen and oxygen atoms in total. The molecule has 0 radical (unpaired) electrons. The topological polar surface area (TPSA) is 62.5 Å². The highest BCUT2D eigenvalue weighted by atomic mass is 79.9. The number of aromatic carboxylic acids is 1. The van der Waals surface area contributed by atoms with Crippen molar-refractivity contribution in [1.29, 1.82) is 0 Å². The number of anilines is 1. The summed E-state index contributed by atoms with van der Waals surface area (Å²) in [4.78, 5) is 10.7. The van der Waals surface area contributed by atoms with Crippen LogP contribution in [0.1, 0.15) is 29.3 Å². The van der Waals surface area contributed by atoms with E-state index in [9.17, 15) is 4.79 Å². The summed E-state index contributed by atoms with van der Waals surface area (Å²) < 4.78 is 6.24. The zero-order chi connectivity index (χ0) is 13.1. The molecular formula is C13H12BrNO3. The second-order valence-electron chi connectivity index (χ2n) is 3.88. The lowest BCUT2D eigenvalue weighted by atomic mass is 10.2. The molecule has 18 heavy (non-hydrogen) atoms. The standard InChI is InChI=1S/C13H12BrNO3/c1-8(11-6-7-12(18-11)13(16)17)15-10-4-2-9(14)3-5-10/h2-8,15H,1H3,(H,16,17). The Morgan fingerprint density at radius 3 is 2.50 bits per heavy atom. The van der Waals surface area contributed by atoms with Gasteiger partial charge in [-0.25, -0.2) is 4.79 Å². The van der Waals surface area contributed by atoms with Gasteiger partial charge in [0.15, 0.2) is 0 Å². The highest BCUT2D eigenvalue weighted by molar-refractivity contribution is 9.10. The molecule has 0 saturated heterocycles. The van der Waals surface area contributed by atoms with E-state index in [4.69, 9.17) is 9.52 Å². The van der Waals surface area contributed by atoms with Gasteiger partial charge in [-0.2, -0.15) is 0 Å². The minimum Gasteiger partial charge on any atom is -0.475 e. The number of carbonyl (C=O) groups is 1. The number of carboxylic acid groups (broad SMARTS) is 1. The molecule has 1 aromatic heterocycles. The molecule has 0 fully saturated rings. The third-order valence-electron chi connectivity index (χ3n) is 2.49. The van der Waals surface area contributed by atoms with E-state index in [-0.39, 0.29) is 11.8 Å². The number of hydrogen-bond donors (Lipinski definition) is 2. The number of carboxylic acids is 1. The molecule has 0 aliphatic carbocycles. The van der Waals surface area contributed by atoms with Gasteiger partial charge in [-0.05, 0) is 43.3 Å². The van der Waals surface area contributed by atoms with Crippen molar-refractivity contribution in [1.82, 2.24) is 0 Å². The molecule has 0 spiro atoms. The van der Waals surface area contributed by atoms with Gasteiger partial charge in [-0.3, -0.25) is 0 Å². The summed E-state index contributed by atoms with van der Waals surface area (Å²) in [6.07, 6.45) is 0. The molecule has 0 aliphatic rings. The predicted octanol–water partition coefficient (Wildman–Crippen LogP) is 3.91. The van der Waals surface area contributed by atoms with Gasteiger partial charge in [0, 0.05) is 10.2 Å². The van der Waals surface area contributed by atoms with Gasteiger partial charge in [-0.1, -0.05) is 15.9 Å². The zero-order valence-corrected chi connectivity index (χ0v) is 11.3. The first-order valence-electron chi connectivity index (χ1n) is 5.41. The highest BCUT2D eigenvalue weighted by Gasteiger charge is 2.13. The van der Waals surface area contributed by atoms with Crippen molar-refractivity contribution in [2.24, 2.45) is 0 Å². The first kappa shape index (κ1) is 12.7. The van der Waals surface area contributed by atoms with Gasteiger partial charge in [-0.15, -0.1) is 0 Å². The van der Waals surface area contributed by atoms with E-state index in [2.05, 4.69) is 21.2 Å². The van der Waals surface area contributed by atoms with E-state index in [1.165, 1.54) is 6.07 Å². The first-order valence-corrected chi connectivity index (χ1v) is 6.20. The van der Waals surface area contributed by atoms with Crippen molar-refractivity contribution in [2.75, 3.05) is 5.32 Å². The smallest absolute Gasteiger partial charge is 0.371 e. The molecule has 94 valence electrons. The van der Waals surface area contributed by atoms with Crippen LogP contribution in [-0.2, 0) is 0 Å². The molecular weight excluding hydrogens is 298 g/mol. The monoisotopic (exact) mass is 309 g/mol. The Labute approximate surface area is 113 Å². The first-order chi connectivity index (χ1) is 8.56. The van der Waals surface area contributed by atoms with E-state index in [0.717, 1.165) is 10.2 Å². The van der Waals surface area contributed by atoms with Gasteiger partial charge >= 0.3 is 5.97 Å². The quantitative estimate of drug-likeness (QED) is 0.898. The Hall–Kier alpha value is -1.75. The van der Waals surface area contributed by atoms with E-state index >= 15 is 0 Å². The van der Waals surface area contributed by atoms with Crippen molar-refractivity contribution in [3.8, 4) is 0 Å². The third-order valence-corrected chi connectivity index (χ3v) is 3.02. The molecule has 2 rings (SSSR count). The summed E-state index contributed by atoms with van der Waals surface area (Å²) >= 11 is 3.36.